The zero-order valence-corrected chi connectivity index (χ0v) is 93.3. The Labute approximate surface area is 887 Å². The van der Waals surface area contributed by atoms with E-state index in [9.17, 15) is 67.0 Å². The van der Waals surface area contributed by atoms with Gasteiger partial charge in [-0.25, -0.2) is 14.4 Å². The van der Waals surface area contributed by atoms with Gasteiger partial charge in [0.05, 0.1) is 42.2 Å². The molecule has 148 heavy (non-hydrogen) atoms. The third kappa shape index (κ3) is 34.4. The lowest BCUT2D eigenvalue weighted by Gasteiger charge is -2.38. The van der Waals surface area contributed by atoms with Crippen LogP contribution in [0.2, 0.25) is 0 Å². The molecule has 7 amide bonds. The lowest BCUT2D eigenvalue weighted by atomic mass is 9.76. The number of carbonyl (C=O) groups is 12. The summed E-state index contributed by atoms with van der Waals surface area (Å²) in [5.41, 5.74) is 11.0. The molecule has 7 aromatic rings. The minimum Gasteiger partial charge on any atom is -0.384 e. The summed E-state index contributed by atoms with van der Waals surface area (Å²) in [6.07, 6.45) is 20.2. The number of likely N-dealkylation sites (tertiary alicyclic amines) is 3. The minimum absolute atomic E-state index is 0.00204. The van der Waals surface area contributed by atoms with E-state index in [1.54, 1.807) is 31.3 Å². The third-order valence-corrected chi connectivity index (χ3v) is 32.2. The highest BCUT2D eigenvalue weighted by atomic mass is 32.1. The minimum atomic E-state index is -1.24. The van der Waals surface area contributed by atoms with Crippen LogP contribution >= 0.6 is 22.7 Å². The van der Waals surface area contributed by atoms with Crippen LogP contribution in [0.25, 0.3) is 0 Å². The lowest BCUT2D eigenvalue weighted by molar-refractivity contribution is -0.143. The maximum Gasteiger partial charge on any atom is 0.246 e. The number of nitrogens with one attached hydrogen (secondary N) is 6. The molecular weight excluding hydrogens is 1900 g/mol. The fraction of sp³-hybridized carbons (Fsp3) is 0.597. The molecule has 3 saturated carbocycles. The number of amides is 7. The average Bonchev–Trinajstić information content (AvgIpc) is 1.53. The molecular formula is C119H170FN13O13S2. The number of thiazole rings is 2. The molecule has 26 nitrogen and oxygen atoms in total. The number of hydrogen-bond acceptors (Lipinski definition) is 21. The Balaban J connectivity index is 0.000000205. The fourth-order valence-corrected chi connectivity index (χ4v) is 23.2. The monoisotopic (exact) mass is 2070 g/mol. The van der Waals surface area contributed by atoms with Crippen LogP contribution in [0.15, 0.2) is 150 Å². The summed E-state index contributed by atoms with van der Waals surface area (Å²) in [5.74, 6) is -2.77. The van der Waals surface area contributed by atoms with E-state index in [0.717, 1.165) is 148 Å². The summed E-state index contributed by atoms with van der Waals surface area (Å²) in [5, 5.41) is 33.8. The largest absolute Gasteiger partial charge is 0.384 e. The first-order valence-corrected chi connectivity index (χ1v) is 56.1. The standard InChI is InChI=1S/C37H52N4O4.C30H41FN4O3S.C30H42N4O3S.C22H35NO3/c1-25(38-5)34(43)39-33(28-20-13-8-14-21-28)36(45)41-23-15-22-30(41)31(42)24-29(35(44)40-37(2,3)4)32(26-16-9-6-10-17-26)27-18-11-7-12-19-27;1-19(34(5)30(2,3)4)27(37)33-25(20-10-7-6-8-11-20)29(38)35-17-9-12-24(35)28-32-23(18-39-28)26(36)21-13-15-22(31)16-14-21;1-19(31-5)27(36)33-25(20-11-7-6-8-12-20)29(37)34-16-10-15-24(34)28-32-23(18-38-28)26(35)21-13-9-14-22(17-21)30(2,3)4;1-15(2)11-17(20(25)14-22(3,4)5)13-19(24)21(26)18(23)12-16-9-7-6-8-10-16/h6-7,9-12,16-19,25,28-30,32-33,38H,8,13-15,20-24H2,1-5H3,(H,39,43)(H,40,44);13-16,18-20,24-25H,6-12,17H2,1-5H3,(H,33,37);9,13-14,17-20,24-25,31H,6-8,10-12,15-16H2,1-5H3,(H,33,36);6-10,15,17-18,21,26H,11-14,23H2,1-5H3/t25-,29-,30-,33-;2*19-,24-,25-;17-,18-,21+/m0001/s1. The Bertz CT molecular complexity index is 5460. The summed E-state index contributed by atoms with van der Waals surface area (Å²) in [7, 11) is 5.41. The number of aliphatic hydroxyl groups excluding tert-OH is 1. The zero-order chi connectivity index (χ0) is 108. The molecule has 0 unspecified atom stereocenters. The number of aromatic nitrogens is 2. The van der Waals surface area contributed by atoms with Gasteiger partial charge in [-0.15, -0.1) is 22.7 Å². The lowest BCUT2D eigenvalue weighted by Crippen LogP contribution is -2.58. The van der Waals surface area contributed by atoms with Crippen molar-refractivity contribution in [2.45, 2.75) is 374 Å². The van der Waals surface area contributed by atoms with Crippen molar-refractivity contribution >= 4 is 92.9 Å². The van der Waals surface area contributed by atoms with Crippen LogP contribution in [0, 0.1) is 46.7 Å². The number of nitrogens with two attached hydrogens (primary N) is 1. The molecule has 3 aliphatic heterocycles. The van der Waals surface area contributed by atoms with Crippen LogP contribution in [0.1, 0.15) is 361 Å². The van der Waals surface area contributed by atoms with E-state index < -0.39 is 59.6 Å². The topological polar surface area (TPSA) is 362 Å². The van der Waals surface area contributed by atoms with Crippen molar-refractivity contribution in [1.29, 1.82) is 0 Å². The molecule has 13 rings (SSSR count). The first kappa shape index (κ1) is 120. The molecule has 6 fully saturated rings. The number of halogens is 1. The maximum absolute atomic E-state index is 14.3. The Kier molecular flexibility index (Phi) is 45.0. The molecule has 0 radical (unpaired) electrons. The average molecular weight is 2070 g/mol. The second-order valence-corrected chi connectivity index (χ2v) is 48.4. The van der Waals surface area contributed by atoms with Crippen molar-refractivity contribution in [2.75, 3.05) is 40.8 Å². The Hall–Kier alpha value is -10.3. The van der Waals surface area contributed by atoms with Crippen LogP contribution in [0.5, 0.6) is 0 Å². The highest BCUT2D eigenvalue weighted by Crippen LogP contribution is 2.43. The highest BCUT2D eigenvalue weighted by Gasteiger charge is 2.47. The van der Waals surface area contributed by atoms with Crippen molar-refractivity contribution in [2.24, 2.45) is 46.7 Å². The van der Waals surface area contributed by atoms with E-state index in [2.05, 4.69) is 78.4 Å². The van der Waals surface area contributed by atoms with Gasteiger partial charge in [-0.3, -0.25) is 62.4 Å². The van der Waals surface area contributed by atoms with Crippen LogP contribution in [-0.4, -0.2) is 211 Å². The van der Waals surface area contributed by atoms with E-state index in [0.29, 0.717) is 80.2 Å². The highest BCUT2D eigenvalue weighted by molar-refractivity contribution is 7.10. The van der Waals surface area contributed by atoms with Gasteiger partial charge in [0.15, 0.2) is 11.6 Å². The van der Waals surface area contributed by atoms with Gasteiger partial charge in [-0.2, -0.15) is 0 Å². The van der Waals surface area contributed by atoms with Crippen molar-refractivity contribution in [3.8, 4) is 0 Å². The van der Waals surface area contributed by atoms with Gasteiger partial charge in [-0.05, 0) is 260 Å². The van der Waals surface area contributed by atoms with Gasteiger partial charge >= 0.3 is 0 Å². The normalized spacial score (nSPS) is 19.2. The molecule has 0 bridgehead atoms. The SMILES string of the molecule is CC(C)C[C@H](CC(=O)[C@@H](O)[C@H](N)Cc1ccccc1)C(=O)CC(C)(C)C.CN[C@@H](C)C(=O)N[C@H](C(=O)N1CCC[C@H]1C(=O)C[C@H](C(=O)NC(C)(C)C)C(c1ccccc1)c1ccccc1)C1CCCCC1.CN[C@@H](C)C(=O)N[C@H](C(=O)N1CCC[C@H]1c1nc(C(=O)c2cccc(C(C)(C)C)c2)cs1)C1CCCCC1.C[C@@H](C(=O)N[C@H](C(=O)N1CCC[C@H]1c1nc(C(=O)c2ccc(F)cc2)cs1)C1CCCCC1)N(C)C(C)(C)C. The molecule has 3 aliphatic carbocycles. The molecule has 2 aromatic heterocycles. The molecule has 9 N–H and O–H groups in total. The van der Waals surface area contributed by atoms with E-state index in [1.807, 2.05) is 212 Å². The molecule has 0 spiro atoms. The predicted molar refractivity (Wildman–Crippen MR) is 586 cm³/mol. The number of likely N-dealkylation sites (N-methyl/N-ethyl adjacent to an activating group) is 3. The number of carbonyl (C=O) groups excluding carboxylic acids is 12. The van der Waals surface area contributed by atoms with Crippen molar-refractivity contribution in [1.82, 2.24) is 61.5 Å². The van der Waals surface area contributed by atoms with E-state index in [-0.39, 0.29) is 153 Å². The quantitative estimate of drug-likeness (QED) is 0.0167. The van der Waals surface area contributed by atoms with Crippen molar-refractivity contribution < 1.29 is 67.0 Å². The van der Waals surface area contributed by atoms with Gasteiger partial charge in [0.25, 0.3) is 0 Å². The first-order chi connectivity index (χ1) is 70.1. The molecule has 5 aromatic carbocycles. The number of aliphatic hydroxyl groups is 1. The maximum atomic E-state index is 14.3. The van der Waals surface area contributed by atoms with Gasteiger partial charge in [0, 0.05) is 89.7 Å². The number of Topliss-reactive ketones (excluding diaryl/α,β-unsaturated/α-hetero) is 3. The molecule has 5 heterocycles. The number of rotatable bonds is 38. The first-order valence-electron chi connectivity index (χ1n) is 54.3. The summed E-state index contributed by atoms with van der Waals surface area (Å²) < 4.78 is 13.3. The van der Waals surface area contributed by atoms with Crippen LogP contribution in [-0.2, 0) is 59.8 Å². The van der Waals surface area contributed by atoms with Crippen LogP contribution in [0.4, 0.5) is 4.39 Å². The van der Waals surface area contributed by atoms with Gasteiger partial charge in [0.2, 0.25) is 52.9 Å². The number of hydrogen-bond donors (Lipinski definition) is 8. The Morgan fingerprint density at radius 1 is 0.486 bits per heavy atom. The second-order valence-electron chi connectivity index (χ2n) is 46.7. The fourth-order valence-electron chi connectivity index (χ4n) is 21.3. The van der Waals surface area contributed by atoms with Crippen LogP contribution in [0.3, 0.4) is 0 Å². The summed E-state index contributed by atoms with van der Waals surface area (Å²) in [4.78, 5) is 178. The van der Waals surface area contributed by atoms with Gasteiger partial charge in [0.1, 0.15) is 57.2 Å². The molecule has 3 saturated heterocycles. The zero-order valence-electron chi connectivity index (χ0n) is 91.6. The van der Waals surface area contributed by atoms with Crippen molar-refractivity contribution in [3.63, 3.8) is 0 Å². The van der Waals surface area contributed by atoms with E-state index in [4.69, 9.17) is 10.7 Å². The smallest absolute Gasteiger partial charge is 0.246 e. The van der Waals surface area contributed by atoms with Crippen LogP contribution < -0.4 is 37.6 Å². The number of nitrogens with zero attached hydrogens (tertiary/aromatic N) is 6. The van der Waals surface area contributed by atoms with E-state index in [1.165, 1.54) is 53.4 Å². The second kappa shape index (κ2) is 55.7. The summed E-state index contributed by atoms with van der Waals surface area (Å²) in [6, 6.07) is 37.9. The predicted octanol–water partition coefficient (Wildman–Crippen LogP) is 18.9. The third-order valence-electron chi connectivity index (χ3n) is 30.3. The number of ketones is 5. The van der Waals surface area contributed by atoms with Crippen molar-refractivity contribution in [3.05, 3.63) is 211 Å². The van der Waals surface area contributed by atoms with Gasteiger partial charge in [-0.1, -0.05) is 222 Å². The molecule has 29 heteroatoms. The van der Waals surface area contributed by atoms with E-state index >= 15 is 0 Å². The van der Waals surface area contributed by atoms with Gasteiger partial charge < -0.3 is 57.4 Å². The number of benzene rings is 5. The molecule has 808 valence electrons. The Morgan fingerprint density at radius 3 is 1.34 bits per heavy atom. The summed E-state index contributed by atoms with van der Waals surface area (Å²) >= 11 is 2.82. The molecule has 6 aliphatic rings. The summed E-state index contributed by atoms with van der Waals surface area (Å²) in [6.45, 7) is 35.7. The molecule has 13 atom stereocenters. The Morgan fingerprint density at radius 2 is 0.912 bits per heavy atom.